The Morgan fingerprint density at radius 3 is 3.10 bits per heavy atom. The van der Waals surface area contributed by atoms with Crippen LogP contribution in [0.1, 0.15) is 5.89 Å². The molecule has 1 aromatic rings. The molecule has 0 amide bonds. The van der Waals surface area contributed by atoms with Crippen molar-refractivity contribution in [1.82, 2.24) is 10.2 Å². The van der Waals surface area contributed by atoms with E-state index in [1.54, 1.807) is 0 Å². The number of nitrogens with zero attached hydrogens (tertiary/aromatic N) is 1. The predicted molar refractivity (Wildman–Crippen MR) is 43.7 cm³/mol. The van der Waals surface area contributed by atoms with Gasteiger partial charge in [0.05, 0.1) is 11.0 Å². The van der Waals surface area contributed by atoms with Crippen LogP contribution >= 0.6 is 35.6 Å². The summed E-state index contributed by atoms with van der Waals surface area (Å²) in [5.74, 6) is 1.26. The molecule has 3 nitrogen and oxygen atoms in total. The zero-order valence-electron chi connectivity index (χ0n) is 4.96. The summed E-state index contributed by atoms with van der Waals surface area (Å²) in [7, 11) is 0. The molecule has 1 rings (SSSR count). The molecule has 0 aliphatic rings. The van der Waals surface area contributed by atoms with Crippen LogP contribution in [-0.4, -0.2) is 15.4 Å². The lowest BCUT2D eigenvalue weighted by Gasteiger charge is -1.86. The Morgan fingerprint density at radius 1 is 1.80 bits per heavy atom. The van der Waals surface area contributed by atoms with Gasteiger partial charge in [0.15, 0.2) is 0 Å². The summed E-state index contributed by atoms with van der Waals surface area (Å²) < 4.78 is 4.95. The predicted octanol–water partition coefficient (Wildman–Crippen LogP) is 2.16. The molecule has 0 radical (unpaired) electrons. The molecular weight excluding hydrogens is 192 g/mol. The van der Waals surface area contributed by atoms with E-state index in [1.807, 2.05) is 0 Å². The number of nitrogens with one attached hydrogen (secondary N) is 1. The Morgan fingerprint density at radius 2 is 2.60 bits per heavy atom. The maximum Gasteiger partial charge on any atom is 0.284 e. The van der Waals surface area contributed by atoms with Crippen LogP contribution in [-0.2, 0) is 5.75 Å². The molecule has 0 fully saturated rings. The van der Waals surface area contributed by atoms with Gasteiger partial charge >= 0.3 is 0 Å². The highest BCUT2D eigenvalue weighted by atomic mass is 35.5. The monoisotopic (exact) mass is 196 g/mol. The van der Waals surface area contributed by atoms with Crippen molar-refractivity contribution in [3.05, 3.63) is 10.7 Å². The highest BCUT2D eigenvalue weighted by Crippen LogP contribution is 2.10. The number of alkyl halides is 1. The first-order chi connectivity index (χ1) is 4.83. The Kier molecular flexibility index (Phi) is 3.24. The maximum atomic E-state index is 5.42. The van der Waals surface area contributed by atoms with Crippen molar-refractivity contribution in [2.24, 2.45) is 0 Å². The van der Waals surface area contributed by atoms with Crippen molar-refractivity contribution >= 4 is 35.6 Å². The largest absolute Gasteiger partial charge is 0.413 e. The number of rotatable bonds is 3. The summed E-state index contributed by atoms with van der Waals surface area (Å²) in [6.45, 7) is 0. The van der Waals surface area contributed by atoms with Crippen LogP contribution < -0.4 is 0 Å². The van der Waals surface area contributed by atoms with E-state index in [0.29, 0.717) is 21.7 Å². The van der Waals surface area contributed by atoms with Crippen molar-refractivity contribution in [2.45, 2.75) is 5.75 Å². The number of halogens is 1. The summed E-state index contributed by atoms with van der Waals surface area (Å²) >= 11 is 11.6. The third-order valence-electron chi connectivity index (χ3n) is 0.785. The van der Waals surface area contributed by atoms with Gasteiger partial charge in [-0.15, -0.1) is 28.5 Å². The van der Waals surface area contributed by atoms with Crippen molar-refractivity contribution in [3.8, 4) is 0 Å². The minimum absolute atomic E-state index is 0.310. The number of aromatic nitrogens is 2. The van der Waals surface area contributed by atoms with E-state index in [0.717, 1.165) is 0 Å². The van der Waals surface area contributed by atoms with Crippen molar-refractivity contribution in [1.29, 1.82) is 0 Å². The van der Waals surface area contributed by atoms with Gasteiger partial charge in [-0.25, -0.2) is 5.10 Å². The molecule has 0 atom stereocenters. The first-order valence-corrected chi connectivity index (χ1v) is 4.61. The number of hydrogen-bond acceptors (Lipinski definition) is 4. The fraction of sp³-hybridized carbons (Fsp3) is 0.500. The van der Waals surface area contributed by atoms with Crippen LogP contribution in [0.15, 0.2) is 4.42 Å². The molecule has 1 aromatic heterocycles. The topological polar surface area (TPSA) is 41.8 Å². The van der Waals surface area contributed by atoms with Crippen LogP contribution in [0.25, 0.3) is 0 Å². The molecule has 1 N–H and O–H groups in total. The standard InChI is InChI=1S/C4H5ClN2OS2/c5-2-10-1-3-6-7-4(9)8-3/h1-2H2,(H,7,9). The van der Waals surface area contributed by atoms with E-state index in [9.17, 15) is 0 Å². The van der Waals surface area contributed by atoms with Gasteiger partial charge in [0, 0.05) is 0 Å². The molecule has 0 aromatic carbocycles. The summed E-state index contributed by atoms with van der Waals surface area (Å²) in [5, 5.41) is 6.83. The second kappa shape index (κ2) is 4.00. The molecule has 0 saturated heterocycles. The average Bonchev–Trinajstić information content (AvgIpc) is 2.31. The van der Waals surface area contributed by atoms with Gasteiger partial charge in [0.25, 0.3) is 4.84 Å². The summed E-state index contributed by atoms with van der Waals surface area (Å²) in [6, 6.07) is 0. The second-order valence-electron chi connectivity index (χ2n) is 1.46. The molecule has 10 heavy (non-hydrogen) atoms. The summed E-state index contributed by atoms with van der Waals surface area (Å²) in [5.41, 5.74) is 0. The number of thioether (sulfide) groups is 1. The lowest BCUT2D eigenvalue weighted by Crippen LogP contribution is -1.78. The van der Waals surface area contributed by atoms with Gasteiger partial charge < -0.3 is 4.42 Å². The highest BCUT2D eigenvalue weighted by Gasteiger charge is 1.96. The summed E-state index contributed by atoms with van der Waals surface area (Å²) in [4.78, 5) is 0.310. The van der Waals surface area contributed by atoms with Gasteiger partial charge in [-0.1, -0.05) is 0 Å². The highest BCUT2D eigenvalue weighted by molar-refractivity contribution is 7.99. The minimum Gasteiger partial charge on any atom is -0.413 e. The molecule has 0 unspecified atom stereocenters. The maximum absolute atomic E-state index is 5.42. The third kappa shape index (κ3) is 2.32. The first-order valence-electron chi connectivity index (χ1n) is 2.51. The van der Waals surface area contributed by atoms with E-state index >= 15 is 0 Å². The lowest BCUT2D eigenvalue weighted by atomic mass is 10.8. The minimum atomic E-state index is 0.310. The molecule has 56 valence electrons. The number of H-pyrrole nitrogens is 1. The van der Waals surface area contributed by atoms with Gasteiger partial charge in [0.1, 0.15) is 0 Å². The van der Waals surface area contributed by atoms with Gasteiger partial charge in [-0.2, -0.15) is 0 Å². The van der Waals surface area contributed by atoms with Crippen LogP contribution in [0, 0.1) is 4.84 Å². The van der Waals surface area contributed by atoms with Gasteiger partial charge in [-0.3, -0.25) is 0 Å². The Labute approximate surface area is 72.1 Å². The number of aromatic amines is 1. The molecule has 1 heterocycles. The zero-order chi connectivity index (χ0) is 7.40. The van der Waals surface area contributed by atoms with Gasteiger partial charge in [0.2, 0.25) is 5.89 Å². The van der Waals surface area contributed by atoms with E-state index in [1.165, 1.54) is 11.8 Å². The Balaban J connectivity index is 2.50. The Bertz CT molecular complexity index is 245. The first kappa shape index (κ1) is 8.10. The second-order valence-corrected chi connectivity index (χ2v) is 3.41. The van der Waals surface area contributed by atoms with Gasteiger partial charge in [-0.05, 0) is 12.2 Å². The van der Waals surface area contributed by atoms with E-state index in [2.05, 4.69) is 22.4 Å². The van der Waals surface area contributed by atoms with E-state index in [-0.39, 0.29) is 0 Å². The van der Waals surface area contributed by atoms with Crippen LogP contribution in [0.2, 0.25) is 0 Å². The molecule has 6 heteroatoms. The molecule has 0 bridgehead atoms. The third-order valence-corrected chi connectivity index (χ3v) is 2.03. The van der Waals surface area contributed by atoms with Crippen molar-refractivity contribution in [2.75, 3.05) is 5.21 Å². The normalized spacial score (nSPS) is 10.1. The molecule has 0 aliphatic heterocycles. The van der Waals surface area contributed by atoms with Crippen molar-refractivity contribution < 1.29 is 4.42 Å². The van der Waals surface area contributed by atoms with E-state index in [4.69, 9.17) is 16.0 Å². The number of hydrogen-bond donors (Lipinski definition) is 1. The van der Waals surface area contributed by atoms with Crippen LogP contribution in [0.5, 0.6) is 0 Å². The molecular formula is C4H5ClN2OS2. The van der Waals surface area contributed by atoms with Crippen LogP contribution in [0.3, 0.4) is 0 Å². The smallest absolute Gasteiger partial charge is 0.284 e. The summed E-state index contributed by atoms with van der Waals surface area (Å²) in [6.07, 6.45) is 0. The van der Waals surface area contributed by atoms with Crippen molar-refractivity contribution in [3.63, 3.8) is 0 Å². The fourth-order valence-corrected chi connectivity index (χ4v) is 1.20. The molecule has 0 aliphatic carbocycles. The molecule has 0 saturated carbocycles. The quantitative estimate of drug-likeness (QED) is 0.594. The SMILES string of the molecule is S=c1[nH]nc(CSCCl)o1. The zero-order valence-corrected chi connectivity index (χ0v) is 7.35. The van der Waals surface area contributed by atoms with Crippen LogP contribution in [0.4, 0.5) is 0 Å². The Hall–Kier alpha value is -0.000000000000000111. The van der Waals surface area contributed by atoms with E-state index < -0.39 is 0 Å². The molecule has 0 spiro atoms. The average molecular weight is 197 g/mol. The lowest BCUT2D eigenvalue weighted by molar-refractivity contribution is 0.501. The fourth-order valence-electron chi connectivity index (χ4n) is 0.448.